The quantitative estimate of drug-likeness (QED) is 0.869. The summed E-state index contributed by atoms with van der Waals surface area (Å²) in [5, 5.41) is 2.85. The molecular formula is C14H13N3O. The Hall–Kier alpha value is -2.23. The molecule has 0 saturated carbocycles. The number of anilines is 1. The van der Waals surface area contributed by atoms with Crippen LogP contribution in [0.4, 0.5) is 5.69 Å². The van der Waals surface area contributed by atoms with E-state index in [0.29, 0.717) is 5.69 Å². The van der Waals surface area contributed by atoms with Gasteiger partial charge in [0, 0.05) is 5.92 Å². The number of benzene rings is 1. The molecule has 1 aromatic carbocycles. The van der Waals surface area contributed by atoms with Gasteiger partial charge in [-0.05, 0) is 24.0 Å². The van der Waals surface area contributed by atoms with Gasteiger partial charge in [-0.2, -0.15) is 0 Å². The first-order valence-electron chi connectivity index (χ1n) is 5.95. The molecule has 0 atom stereocenters. The van der Waals surface area contributed by atoms with E-state index in [-0.39, 0.29) is 11.8 Å². The summed E-state index contributed by atoms with van der Waals surface area (Å²) in [7, 11) is 0. The van der Waals surface area contributed by atoms with Crippen molar-refractivity contribution in [2.45, 2.75) is 12.8 Å². The molecule has 0 unspecified atom stereocenters. The smallest absolute Gasteiger partial charge is 0.228 e. The number of carbonyl (C=O) groups excluding carboxylic acids is 1. The Morgan fingerprint density at radius 2 is 1.72 bits per heavy atom. The molecule has 0 bridgehead atoms. The molecule has 3 rings (SSSR count). The van der Waals surface area contributed by atoms with Crippen LogP contribution >= 0.6 is 0 Å². The highest BCUT2D eigenvalue weighted by Crippen LogP contribution is 2.27. The number of nitrogens with one attached hydrogen (secondary N) is 1. The van der Waals surface area contributed by atoms with E-state index in [1.165, 1.54) is 17.5 Å². The van der Waals surface area contributed by atoms with Gasteiger partial charge in [0.1, 0.15) is 6.33 Å². The fourth-order valence-electron chi connectivity index (χ4n) is 2.35. The van der Waals surface area contributed by atoms with Crippen molar-refractivity contribution in [3.8, 4) is 0 Å². The first-order valence-corrected chi connectivity index (χ1v) is 5.95. The molecule has 1 N–H and O–H groups in total. The van der Waals surface area contributed by atoms with Crippen LogP contribution in [0.5, 0.6) is 0 Å². The van der Waals surface area contributed by atoms with Gasteiger partial charge in [0.25, 0.3) is 0 Å². The highest BCUT2D eigenvalue weighted by molar-refractivity contribution is 5.93. The summed E-state index contributed by atoms with van der Waals surface area (Å²) in [6.07, 6.45) is 6.28. The minimum Gasteiger partial charge on any atom is -0.323 e. The highest BCUT2D eigenvalue weighted by Gasteiger charge is 2.26. The van der Waals surface area contributed by atoms with Gasteiger partial charge >= 0.3 is 0 Å². The summed E-state index contributed by atoms with van der Waals surface area (Å²) in [4.78, 5) is 19.9. The standard InChI is InChI=1S/C14H13N3O/c18-14(17-13-7-15-9-16-8-13)12-5-10-3-1-2-4-11(10)6-12/h1-4,7-9,12H,5-6H2,(H,17,18). The first-order chi connectivity index (χ1) is 8.83. The molecule has 0 saturated heterocycles. The minimum absolute atomic E-state index is 0.0163. The molecular weight excluding hydrogens is 226 g/mol. The number of nitrogens with zero attached hydrogens (tertiary/aromatic N) is 2. The predicted octanol–water partition coefficient (Wildman–Crippen LogP) is 1.83. The zero-order valence-electron chi connectivity index (χ0n) is 9.84. The lowest BCUT2D eigenvalue weighted by Crippen LogP contribution is -2.23. The maximum Gasteiger partial charge on any atom is 0.228 e. The average molecular weight is 239 g/mol. The lowest BCUT2D eigenvalue weighted by molar-refractivity contribution is -0.119. The Balaban J connectivity index is 1.70. The summed E-state index contributed by atoms with van der Waals surface area (Å²) < 4.78 is 0. The summed E-state index contributed by atoms with van der Waals surface area (Å²) >= 11 is 0. The second-order valence-electron chi connectivity index (χ2n) is 4.49. The number of hydrogen-bond acceptors (Lipinski definition) is 3. The fraction of sp³-hybridized carbons (Fsp3) is 0.214. The van der Waals surface area contributed by atoms with Crippen LogP contribution < -0.4 is 5.32 Å². The van der Waals surface area contributed by atoms with E-state index < -0.39 is 0 Å². The second kappa shape index (κ2) is 4.56. The third-order valence-electron chi connectivity index (χ3n) is 3.25. The average Bonchev–Trinajstić information content (AvgIpc) is 2.84. The number of carbonyl (C=O) groups is 1. The third kappa shape index (κ3) is 2.09. The molecule has 0 aliphatic heterocycles. The zero-order chi connectivity index (χ0) is 12.4. The normalized spacial score (nSPS) is 14.2. The summed E-state index contributed by atoms with van der Waals surface area (Å²) in [5.74, 6) is 0.0589. The molecule has 0 spiro atoms. The lowest BCUT2D eigenvalue weighted by atomic mass is 10.1. The van der Waals surface area contributed by atoms with Crippen LogP contribution in [0.25, 0.3) is 0 Å². The summed E-state index contributed by atoms with van der Waals surface area (Å²) in [5.41, 5.74) is 3.21. The Morgan fingerprint density at radius 3 is 2.33 bits per heavy atom. The monoisotopic (exact) mass is 239 g/mol. The van der Waals surface area contributed by atoms with Crippen molar-refractivity contribution in [3.05, 3.63) is 54.1 Å². The van der Waals surface area contributed by atoms with Crippen molar-refractivity contribution in [2.75, 3.05) is 5.32 Å². The van der Waals surface area contributed by atoms with Crippen LogP contribution in [-0.4, -0.2) is 15.9 Å². The fourth-order valence-corrected chi connectivity index (χ4v) is 2.35. The Bertz CT molecular complexity index is 543. The lowest BCUT2D eigenvalue weighted by Gasteiger charge is -2.09. The van der Waals surface area contributed by atoms with Crippen LogP contribution in [0.3, 0.4) is 0 Å². The van der Waals surface area contributed by atoms with Gasteiger partial charge in [0.15, 0.2) is 0 Å². The van der Waals surface area contributed by atoms with Crippen LogP contribution in [0.2, 0.25) is 0 Å². The van der Waals surface area contributed by atoms with Crippen molar-refractivity contribution in [3.63, 3.8) is 0 Å². The molecule has 1 aliphatic carbocycles. The van der Waals surface area contributed by atoms with Crippen LogP contribution in [0.1, 0.15) is 11.1 Å². The van der Waals surface area contributed by atoms with E-state index in [4.69, 9.17) is 0 Å². The molecule has 4 heteroatoms. The maximum absolute atomic E-state index is 12.1. The highest BCUT2D eigenvalue weighted by atomic mass is 16.1. The Morgan fingerprint density at radius 1 is 1.11 bits per heavy atom. The molecule has 0 radical (unpaired) electrons. The topological polar surface area (TPSA) is 54.9 Å². The molecule has 2 aromatic rings. The Kier molecular flexibility index (Phi) is 2.76. The van der Waals surface area contributed by atoms with E-state index in [1.54, 1.807) is 12.4 Å². The number of rotatable bonds is 2. The van der Waals surface area contributed by atoms with E-state index in [2.05, 4.69) is 27.4 Å². The zero-order valence-corrected chi connectivity index (χ0v) is 9.84. The SMILES string of the molecule is O=C(Nc1cncnc1)C1Cc2ccccc2C1. The van der Waals surface area contributed by atoms with Gasteiger partial charge in [-0.25, -0.2) is 9.97 Å². The second-order valence-corrected chi connectivity index (χ2v) is 4.49. The van der Waals surface area contributed by atoms with Gasteiger partial charge in [-0.15, -0.1) is 0 Å². The van der Waals surface area contributed by atoms with Gasteiger partial charge in [0.05, 0.1) is 18.1 Å². The largest absolute Gasteiger partial charge is 0.323 e. The maximum atomic E-state index is 12.1. The number of amides is 1. The van der Waals surface area contributed by atoms with Crippen LogP contribution in [0.15, 0.2) is 43.0 Å². The number of hydrogen-bond donors (Lipinski definition) is 1. The predicted molar refractivity (Wildman–Crippen MR) is 68.0 cm³/mol. The molecule has 1 heterocycles. The molecule has 4 nitrogen and oxygen atoms in total. The van der Waals surface area contributed by atoms with Crippen molar-refractivity contribution in [1.29, 1.82) is 0 Å². The molecule has 1 aliphatic rings. The first kappa shape index (κ1) is 10.9. The van der Waals surface area contributed by atoms with Crippen molar-refractivity contribution in [1.82, 2.24) is 9.97 Å². The van der Waals surface area contributed by atoms with Gasteiger partial charge < -0.3 is 5.32 Å². The van der Waals surface area contributed by atoms with Crippen molar-refractivity contribution < 1.29 is 4.79 Å². The van der Waals surface area contributed by atoms with E-state index >= 15 is 0 Å². The summed E-state index contributed by atoms with van der Waals surface area (Å²) in [6.45, 7) is 0. The molecule has 0 fully saturated rings. The van der Waals surface area contributed by atoms with Gasteiger partial charge in [-0.3, -0.25) is 4.79 Å². The van der Waals surface area contributed by atoms with E-state index in [1.807, 2.05) is 12.1 Å². The van der Waals surface area contributed by atoms with E-state index in [0.717, 1.165) is 12.8 Å². The molecule has 1 amide bonds. The van der Waals surface area contributed by atoms with E-state index in [9.17, 15) is 4.79 Å². The van der Waals surface area contributed by atoms with Gasteiger partial charge in [-0.1, -0.05) is 24.3 Å². The molecule has 18 heavy (non-hydrogen) atoms. The Labute approximate surface area is 105 Å². The van der Waals surface area contributed by atoms with Crippen LogP contribution in [0, 0.1) is 5.92 Å². The third-order valence-corrected chi connectivity index (χ3v) is 3.25. The molecule has 90 valence electrons. The van der Waals surface area contributed by atoms with Crippen molar-refractivity contribution >= 4 is 11.6 Å². The number of fused-ring (bicyclic) bond motifs is 1. The van der Waals surface area contributed by atoms with Crippen LogP contribution in [-0.2, 0) is 17.6 Å². The molecule has 1 aromatic heterocycles. The number of aromatic nitrogens is 2. The summed E-state index contributed by atoms with van der Waals surface area (Å²) in [6, 6.07) is 8.22. The van der Waals surface area contributed by atoms with Gasteiger partial charge in [0.2, 0.25) is 5.91 Å². The van der Waals surface area contributed by atoms with Crippen molar-refractivity contribution in [2.24, 2.45) is 5.92 Å². The minimum atomic E-state index is 0.0163.